The SMILES string of the molecule is CCNC(c1ccncc1F)c1ccccc1C(C)(C)C. The number of nitrogens with zero attached hydrogens (tertiary/aromatic N) is 1. The maximum Gasteiger partial charge on any atom is 0.146 e. The number of aromatic nitrogens is 1. The van der Waals surface area contributed by atoms with E-state index in [9.17, 15) is 4.39 Å². The van der Waals surface area contributed by atoms with Gasteiger partial charge in [-0.3, -0.25) is 4.98 Å². The van der Waals surface area contributed by atoms with E-state index in [4.69, 9.17) is 0 Å². The fourth-order valence-corrected chi connectivity index (χ4v) is 2.64. The van der Waals surface area contributed by atoms with E-state index < -0.39 is 0 Å². The van der Waals surface area contributed by atoms with Gasteiger partial charge in [0, 0.05) is 11.8 Å². The summed E-state index contributed by atoms with van der Waals surface area (Å²) in [4.78, 5) is 3.85. The molecule has 0 fully saturated rings. The van der Waals surface area contributed by atoms with Gasteiger partial charge in [0.05, 0.1) is 12.2 Å². The van der Waals surface area contributed by atoms with Crippen LogP contribution in [-0.4, -0.2) is 11.5 Å². The molecule has 0 aliphatic heterocycles. The second-order valence-electron chi connectivity index (χ2n) is 6.23. The Balaban J connectivity index is 2.57. The van der Waals surface area contributed by atoms with E-state index >= 15 is 0 Å². The largest absolute Gasteiger partial charge is 0.306 e. The molecule has 1 unspecified atom stereocenters. The third-order valence-electron chi connectivity index (χ3n) is 3.60. The van der Waals surface area contributed by atoms with Crippen LogP contribution >= 0.6 is 0 Å². The van der Waals surface area contributed by atoms with Crippen LogP contribution in [0.1, 0.15) is 50.4 Å². The summed E-state index contributed by atoms with van der Waals surface area (Å²) in [6.45, 7) is 9.34. The molecular weight excluding hydrogens is 263 g/mol. The van der Waals surface area contributed by atoms with Crippen molar-refractivity contribution in [2.45, 2.75) is 39.2 Å². The lowest BCUT2D eigenvalue weighted by Gasteiger charge is -2.28. The maximum absolute atomic E-state index is 14.2. The third-order valence-corrected chi connectivity index (χ3v) is 3.60. The van der Waals surface area contributed by atoms with Crippen LogP contribution in [0.5, 0.6) is 0 Å². The maximum atomic E-state index is 14.2. The molecule has 1 aromatic heterocycles. The van der Waals surface area contributed by atoms with Crippen LogP contribution in [0.25, 0.3) is 0 Å². The zero-order valence-corrected chi connectivity index (χ0v) is 13.2. The van der Waals surface area contributed by atoms with Crippen molar-refractivity contribution in [3.05, 3.63) is 65.2 Å². The summed E-state index contributed by atoms with van der Waals surface area (Å²) in [7, 11) is 0. The molecule has 0 saturated heterocycles. The Kier molecular flexibility index (Phi) is 4.73. The monoisotopic (exact) mass is 286 g/mol. The van der Waals surface area contributed by atoms with E-state index in [2.05, 4.69) is 43.2 Å². The number of halogens is 1. The summed E-state index contributed by atoms with van der Waals surface area (Å²) in [5.41, 5.74) is 3.00. The average molecular weight is 286 g/mol. The fourth-order valence-electron chi connectivity index (χ4n) is 2.64. The van der Waals surface area contributed by atoms with Gasteiger partial charge in [-0.25, -0.2) is 4.39 Å². The highest BCUT2D eigenvalue weighted by Gasteiger charge is 2.24. The normalized spacial score (nSPS) is 13.2. The van der Waals surface area contributed by atoms with Crippen molar-refractivity contribution in [2.24, 2.45) is 0 Å². The first-order valence-electron chi connectivity index (χ1n) is 7.37. The summed E-state index contributed by atoms with van der Waals surface area (Å²) in [5.74, 6) is -0.271. The molecule has 0 aliphatic carbocycles. The minimum Gasteiger partial charge on any atom is -0.306 e. The van der Waals surface area contributed by atoms with Gasteiger partial charge >= 0.3 is 0 Å². The van der Waals surface area contributed by atoms with Crippen LogP contribution < -0.4 is 5.32 Å². The lowest BCUT2D eigenvalue weighted by Crippen LogP contribution is -2.26. The summed E-state index contributed by atoms with van der Waals surface area (Å²) < 4.78 is 14.2. The van der Waals surface area contributed by atoms with E-state index in [0.29, 0.717) is 5.56 Å². The summed E-state index contributed by atoms with van der Waals surface area (Å²) >= 11 is 0. The highest BCUT2D eigenvalue weighted by molar-refractivity contribution is 5.40. The van der Waals surface area contributed by atoms with Crippen molar-refractivity contribution >= 4 is 0 Å². The molecule has 2 nitrogen and oxygen atoms in total. The molecule has 1 atom stereocenters. The number of hydrogen-bond donors (Lipinski definition) is 1. The van der Waals surface area contributed by atoms with Crippen molar-refractivity contribution in [3.8, 4) is 0 Å². The number of hydrogen-bond acceptors (Lipinski definition) is 2. The van der Waals surface area contributed by atoms with Crippen molar-refractivity contribution in [1.82, 2.24) is 10.3 Å². The van der Waals surface area contributed by atoms with Gasteiger partial charge in [-0.15, -0.1) is 0 Å². The molecule has 21 heavy (non-hydrogen) atoms. The number of rotatable bonds is 4. The third kappa shape index (κ3) is 3.48. The smallest absolute Gasteiger partial charge is 0.146 e. The molecule has 1 N–H and O–H groups in total. The van der Waals surface area contributed by atoms with Gasteiger partial charge < -0.3 is 5.32 Å². The molecule has 112 valence electrons. The highest BCUT2D eigenvalue weighted by Crippen LogP contribution is 2.33. The Morgan fingerprint density at radius 3 is 2.48 bits per heavy atom. The van der Waals surface area contributed by atoms with Crippen molar-refractivity contribution in [1.29, 1.82) is 0 Å². The van der Waals surface area contributed by atoms with Crippen molar-refractivity contribution in [2.75, 3.05) is 6.54 Å². The lowest BCUT2D eigenvalue weighted by molar-refractivity contribution is 0.532. The molecule has 0 aliphatic rings. The van der Waals surface area contributed by atoms with Gasteiger partial charge in [0.2, 0.25) is 0 Å². The van der Waals surface area contributed by atoms with Crippen LogP contribution in [0.2, 0.25) is 0 Å². The first-order valence-corrected chi connectivity index (χ1v) is 7.37. The molecule has 2 rings (SSSR count). The molecule has 0 amide bonds. The van der Waals surface area contributed by atoms with E-state index in [0.717, 1.165) is 12.1 Å². The Morgan fingerprint density at radius 1 is 1.14 bits per heavy atom. The zero-order chi connectivity index (χ0) is 15.5. The van der Waals surface area contributed by atoms with Gasteiger partial charge in [-0.05, 0) is 29.2 Å². The van der Waals surface area contributed by atoms with Crippen LogP contribution in [0.15, 0.2) is 42.7 Å². The lowest BCUT2D eigenvalue weighted by atomic mass is 9.80. The quantitative estimate of drug-likeness (QED) is 0.910. The minimum absolute atomic E-state index is 0.00771. The molecule has 3 heteroatoms. The van der Waals surface area contributed by atoms with Gasteiger partial charge in [-0.1, -0.05) is 52.0 Å². The molecule has 1 aromatic carbocycles. The first kappa shape index (κ1) is 15.6. The standard InChI is InChI=1S/C18H23FN2/c1-5-21-17(14-10-11-20-12-16(14)19)13-8-6-7-9-15(13)18(2,3)4/h6-12,17,21H,5H2,1-4H3. The molecule has 0 radical (unpaired) electrons. The van der Waals surface area contributed by atoms with Gasteiger partial charge in [0.1, 0.15) is 5.82 Å². The Bertz CT molecular complexity index is 602. The second-order valence-corrected chi connectivity index (χ2v) is 6.23. The second kappa shape index (κ2) is 6.35. The van der Waals surface area contributed by atoms with Crippen LogP contribution in [0.4, 0.5) is 4.39 Å². The topological polar surface area (TPSA) is 24.9 Å². The predicted octanol–water partition coefficient (Wildman–Crippen LogP) is 4.22. The molecule has 1 heterocycles. The predicted molar refractivity (Wildman–Crippen MR) is 84.9 cm³/mol. The molecule has 0 saturated carbocycles. The van der Waals surface area contributed by atoms with Crippen LogP contribution in [0, 0.1) is 5.82 Å². The highest BCUT2D eigenvalue weighted by atomic mass is 19.1. The summed E-state index contributed by atoms with van der Waals surface area (Å²) in [6.07, 6.45) is 2.92. The number of nitrogens with one attached hydrogen (secondary N) is 1. The molecule has 0 bridgehead atoms. The van der Waals surface area contributed by atoms with Crippen molar-refractivity contribution < 1.29 is 4.39 Å². The van der Waals surface area contributed by atoms with E-state index in [1.165, 1.54) is 11.8 Å². The minimum atomic E-state index is -0.271. The summed E-state index contributed by atoms with van der Waals surface area (Å²) in [6, 6.07) is 9.84. The Labute approximate surface area is 126 Å². The van der Waals surface area contributed by atoms with E-state index in [-0.39, 0.29) is 17.3 Å². The van der Waals surface area contributed by atoms with Gasteiger partial charge in [-0.2, -0.15) is 0 Å². The van der Waals surface area contributed by atoms with Gasteiger partial charge in [0.25, 0.3) is 0 Å². The fraction of sp³-hybridized carbons (Fsp3) is 0.389. The Morgan fingerprint density at radius 2 is 1.86 bits per heavy atom. The average Bonchev–Trinajstić information content (AvgIpc) is 2.45. The van der Waals surface area contributed by atoms with Gasteiger partial charge in [0.15, 0.2) is 0 Å². The zero-order valence-electron chi connectivity index (χ0n) is 13.2. The summed E-state index contributed by atoms with van der Waals surface area (Å²) in [5, 5.41) is 3.40. The van der Waals surface area contributed by atoms with Crippen LogP contribution in [-0.2, 0) is 5.41 Å². The molecular formula is C18H23FN2. The molecule has 2 aromatic rings. The first-order chi connectivity index (χ1) is 9.95. The number of pyridine rings is 1. The number of benzene rings is 1. The Hall–Kier alpha value is -1.74. The van der Waals surface area contributed by atoms with Crippen LogP contribution in [0.3, 0.4) is 0 Å². The molecule has 0 spiro atoms. The van der Waals surface area contributed by atoms with Crippen molar-refractivity contribution in [3.63, 3.8) is 0 Å². The van der Waals surface area contributed by atoms with E-state index in [1.54, 1.807) is 12.3 Å². The van der Waals surface area contributed by atoms with E-state index in [1.807, 2.05) is 19.1 Å².